The van der Waals surface area contributed by atoms with Gasteiger partial charge in [-0.3, -0.25) is 4.79 Å². The lowest BCUT2D eigenvalue weighted by Gasteiger charge is -2.18. The Morgan fingerprint density at radius 3 is 2.95 bits per heavy atom. The molecule has 1 atom stereocenters. The van der Waals surface area contributed by atoms with Crippen LogP contribution in [0, 0.1) is 0 Å². The van der Waals surface area contributed by atoms with E-state index < -0.39 is 5.60 Å². The zero-order valence-corrected chi connectivity index (χ0v) is 12.4. The van der Waals surface area contributed by atoms with Crippen LogP contribution in [0.25, 0.3) is 0 Å². The Labute approximate surface area is 117 Å². The Hall–Kier alpha value is -1.08. The molecule has 1 unspecified atom stereocenters. The van der Waals surface area contributed by atoms with Crippen LogP contribution in [0.15, 0.2) is 11.5 Å². The van der Waals surface area contributed by atoms with E-state index in [0.717, 1.165) is 5.16 Å². The number of thioether (sulfide) groups is 1. The quantitative estimate of drug-likeness (QED) is 0.833. The molecule has 1 N–H and O–H groups in total. The van der Waals surface area contributed by atoms with Crippen molar-refractivity contribution in [2.24, 2.45) is 0 Å². The molecule has 0 aliphatic carbocycles. The van der Waals surface area contributed by atoms with Gasteiger partial charge in [0.2, 0.25) is 5.91 Å². The van der Waals surface area contributed by atoms with Crippen LogP contribution in [0.3, 0.4) is 0 Å². The summed E-state index contributed by atoms with van der Waals surface area (Å²) in [5.74, 6) is 0.377. The summed E-state index contributed by atoms with van der Waals surface area (Å²) in [6, 6.07) is 0.278. The molecule has 6 nitrogen and oxygen atoms in total. The maximum atomic E-state index is 12.0. The van der Waals surface area contributed by atoms with Crippen LogP contribution in [0.2, 0.25) is 0 Å². The predicted molar refractivity (Wildman–Crippen MR) is 73.0 cm³/mol. The second-order valence-corrected chi connectivity index (χ2v) is 6.41. The molecule has 1 fully saturated rings. The lowest BCUT2D eigenvalue weighted by molar-refractivity contribution is -0.128. The molecule has 1 aromatic heterocycles. The smallest absolute Gasteiger partial charge is 0.233 e. The van der Waals surface area contributed by atoms with Crippen LogP contribution in [0.1, 0.15) is 33.2 Å². The molecule has 1 aromatic rings. The number of hydrogen-bond acceptors (Lipinski definition) is 5. The first-order valence-corrected chi connectivity index (χ1v) is 7.40. The molecule has 0 saturated carbocycles. The number of carbonyl (C=O) groups is 1. The van der Waals surface area contributed by atoms with Gasteiger partial charge in [0.1, 0.15) is 6.33 Å². The van der Waals surface area contributed by atoms with Crippen LogP contribution in [-0.2, 0) is 4.79 Å². The highest BCUT2D eigenvalue weighted by Crippen LogP contribution is 2.23. The van der Waals surface area contributed by atoms with Gasteiger partial charge in [-0.15, -0.1) is 10.2 Å². The molecule has 1 aliphatic rings. The first-order chi connectivity index (χ1) is 8.89. The van der Waals surface area contributed by atoms with Crippen LogP contribution in [0.5, 0.6) is 0 Å². The number of hydrogen-bond donors (Lipinski definition) is 1. The van der Waals surface area contributed by atoms with E-state index in [2.05, 4.69) is 10.2 Å². The molecular weight excluding hydrogens is 264 g/mol. The molecule has 0 bridgehead atoms. The van der Waals surface area contributed by atoms with Crippen molar-refractivity contribution in [1.29, 1.82) is 0 Å². The summed E-state index contributed by atoms with van der Waals surface area (Å²) in [6.07, 6.45) is 2.32. The van der Waals surface area contributed by atoms with Crippen molar-refractivity contribution in [3.63, 3.8) is 0 Å². The highest BCUT2D eigenvalue weighted by atomic mass is 32.2. The van der Waals surface area contributed by atoms with Gasteiger partial charge >= 0.3 is 0 Å². The monoisotopic (exact) mass is 284 g/mol. The van der Waals surface area contributed by atoms with Gasteiger partial charge in [-0.2, -0.15) is 0 Å². The third-order valence-electron chi connectivity index (χ3n) is 3.23. The Balaban J connectivity index is 1.89. The maximum Gasteiger partial charge on any atom is 0.233 e. The molecule has 1 amide bonds. The largest absolute Gasteiger partial charge is 0.388 e. The highest BCUT2D eigenvalue weighted by Gasteiger charge is 2.33. The zero-order chi connectivity index (χ0) is 14.0. The number of β-amino-alcohol motifs (C(OH)–C–C–N with tert-alkyl or cyclic N) is 1. The average Bonchev–Trinajstić information content (AvgIpc) is 2.92. The van der Waals surface area contributed by atoms with Crippen molar-refractivity contribution in [2.75, 3.05) is 18.8 Å². The summed E-state index contributed by atoms with van der Waals surface area (Å²) in [5.41, 5.74) is -0.738. The SMILES string of the molecule is CC(C)n1cnnc1SCC(=O)N1CCC(C)(O)C1. The first-order valence-electron chi connectivity index (χ1n) is 6.41. The van der Waals surface area contributed by atoms with Gasteiger partial charge in [-0.1, -0.05) is 11.8 Å². The second kappa shape index (κ2) is 5.50. The number of likely N-dealkylation sites (tertiary alicyclic amines) is 1. The van der Waals surface area contributed by atoms with E-state index in [4.69, 9.17) is 0 Å². The van der Waals surface area contributed by atoms with E-state index in [-0.39, 0.29) is 11.9 Å². The van der Waals surface area contributed by atoms with Crippen molar-refractivity contribution in [2.45, 2.75) is 44.0 Å². The zero-order valence-electron chi connectivity index (χ0n) is 11.5. The van der Waals surface area contributed by atoms with Crippen molar-refractivity contribution in [3.05, 3.63) is 6.33 Å². The van der Waals surface area contributed by atoms with E-state index in [0.29, 0.717) is 25.3 Å². The summed E-state index contributed by atoms with van der Waals surface area (Å²) in [4.78, 5) is 13.8. The van der Waals surface area contributed by atoms with E-state index in [9.17, 15) is 9.90 Å². The Kier molecular flexibility index (Phi) is 4.15. The van der Waals surface area contributed by atoms with E-state index in [1.165, 1.54) is 11.8 Å². The topological polar surface area (TPSA) is 71.2 Å². The number of nitrogens with zero attached hydrogens (tertiary/aromatic N) is 4. The summed E-state index contributed by atoms with van der Waals surface area (Å²) in [7, 11) is 0. The number of aromatic nitrogens is 3. The normalized spacial score (nSPS) is 23.3. The first kappa shape index (κ1) is 14.3. The summed E-state index contributed by atoms with van der Waals surface area (Å²) in [5, 5.41) is 18.5. The molecule has 2 heterocycles. The predicted octanol–water partition coefficient (Wildman–Crippen LogP) is 0.934. The molecule has 0 radical (unpaired) electrons. The molecule has 2 rings (SSSR count). The van der Waals surface area contributed by atoms with Crippen LogP contribution in [-0.4, -0.2) is 55.1 Å². The van der Waals surface area contributed by atoms with Gasteiger partial charge in [0.15, 0.2) is 5.16 Å². The number of aliphatic hydroxyl groups is 1. The number of carbonyl (C=O) groups excluding carboxylic acids is 1. The molecule has 1 aliphatic heterocycles. The van der Waals surface area contributed by atoms with Crippen molar-refractivity contribution >= 4 is 17.7 Å². The minimum Gasteiger partial charge on any atom is -0.388 e. The fourth-order valence-corrected chi connectivity index (χ4v) is 3.01. The minimum atomic E-state index is -0.738. The van der Waals surface area contributed by atoms with Crippen LogP contribution in [0.4, 0.5) is 0 Å². The van der Waals surface area contributed by atoms with Gasteiger partial charge in [-0.25, -0.2) is 0 Å². The fraction of sp³-hybridized carbons (Fsp3) is 0.750. The van der Waals surface area contributed by atoms with Gasteiger partial charge < -0.3 is 14.6 Å². The van der Waals surface area contributed by atoms with Crippen LogP contribution < -0.4 is 0 Å². The molecule has 7 heteroatoms. The van der Waals surface area contributed by atoms with Gasteiger partial charge in [0, 0.05) is 19.1 Å². The third kappa shape index (κ3) is 3.48. The van der Waals surface area contributed by atoms with E-state index in [1.54, 1.807) is 18.2 Å². The number of amides is 1. The summed E-state index contributed by atoms with van der Waals surface area (Å²) >= 11 is 1.39. The summed E-state index contributed by atoms with van der Waals surface area (Å²) in [6.45, 7) is 6.91. The van der Waals surface area contributed by atoms with Gasteiger partial charge in [0.05, 0.1) is 11.4 Å². The molecule has 106 valence electrons. The van der Waals surface area contributed by atoms with Gasteiger partial charge in [-0.05, 0) is 27.2 Å². The Bertz CT molecular complexity index is 458. The molecule has 0 spiro atoms. The molecule has 1 saturated heterocycles. The molecule has 0 aromatic carbocycles. The summed E-state index contributed by atoms with van der Waals surface area (Å²) < 4.78 is 1.94. The minimum absolute atomic E-state index is 0.0427. The van der Waals surface area contributed by atoms with Crippen molar-refractivity contribution in [1.82, 2.24) is 19.7 Å². The third-order valence-corrected chi connectivity index (χ3v) is 4.17. The van der Waals surface area contributed by atoms with E-state index in [1.807, 2.05) is 18.4 Å². The Morgan fingerprint density at radius 1 is 1.63 bits per heavy atom. The molecular formula is C12H20N4O2S. The lowest BCUT2D eigenvalue weighted by Crippen LogP contribution is -2.34. The highest BCUT2D eigenvalue weighted by molar-refractivity contribution is 7.99. The van der Waals surface area contributed by atoms with Crippen LogP contribution >= 0.6 is 11.8 Å². The van der Waals surface area contributed by atoms with Crippen molar-refractivity contribution in [3.8, 4) is 0 Å². The van der Waals surface area contributed by atoms with E-state index >= 15 is 0 Å². The molecule has 19 heavy (non-hydrogen) atoms. The average molecular weight is 284 g/mol. The Morgan fingerprint density at radius 2 is 2.37 bits per heavy atom. The van der Waals surface area contributed by atoms with Gasteiger partial charge in [0.25, 0.3) is 0 Å². The van der Waals surface area contributed by atoms with Crippen molar-refractivity contribution < 1.29 is 9.90 Å². The lowest BCUT2D eigenvalue weighted by atomic mass is 10.1. The maximum absolute atomic E-state index is 12.0. The second-order valence-electron chi connectivity index (χ2n) is 5.47. The fourth-order valence-electron chi connectivity index (χ4n) is 2.07. The number of rotatable bonds is 4. The standard InChI is InChI=1S/C12H20N4O2S/c1-9(2)16-8-13-14-11(16)19-6-10(17)15-5-4-12(3,18)7-15/h8-9,18H,4-7H2,1-3H3.